The molecule has 1 nitrogen and oxygen atoms in total. The van der Waals surface area contributed by atoms with Gasteiger partial charge in [-0.1, -0.05) is 41.4 Å². The first-order chi connectivity index (χ1) is 8.49. The molecule has 1 atom stereocenters. The molecule has 18 heavy (non-hydrogen) atoms. The van der Waals surface area contributed by atoms with Gasteiger partial charge in [-0.15, -0.1) is 0 Å². The average Bonchev–Trinajstić information content (AvgIpc) is 2.32. The number of hydrogen-bond donors (Lipinski definition) is 1. The Morgan fingerprint density at radius 2 is 1.83 bits per heavy atom. The van der Waals surface area contributed by atoms with Gasteiger partial charge in [-0.05, 0) is 36.2 Å². The molecule has 4 heteroatoms. The maximum absolute atomic E-state index is 13.5. The van der Waals surface area contributed by atoms with Gasteiger partial charge in [0.2, 0.25) is 0 Å². The Hall–Kier alpha value is -1.09. The lowest BCUT2D eigenvalue weighted by molar-refractivity contribution is 0.220. The second-order valence-corrected chi connectivity index (χ2v) is 4.92. The minimum Gasteiger partial charge on any atom is -0.384 e. The van der Waals surface area contributed by atoms with Crippen molar-refractivity contribution in [3.8, 4) is 0 Å². The van der Waals surface area contributed by atoms with E-state index in [0.29, 0.717) is 26.7 Å². The fraction of sp³-hybridized carbons (Fsp3) is 0.143. The van der Waals surface area contributed by atoms with E-state index in [9.17, 15) is 9.50 Å². The lowest BCUT2D eigenvalue weighted by atomic mass is 10.0. The number of halogens is 3. The fourth-order valence-electron chi connectivity index (χ4n) is 1.68. The molecule has 0 bridgehead atoms. The summed E-state index contributed by atoms with van der Waals surface area (Å²) >= 11 is 11.8. The standard InChI is InChI=1S/C14H11Cl2FO/c1-8-2-3-9(6-13(8)17)14(18)11-5-4-10(15)7-12(11)16/h2-7,14,18H,1H3. The van der Waals surface area contributed by atoms with Gasteiger partial charge in [0.15, 0.2) is 0 Å². The van der Waals surface area contributed by atoms with Crippen LogP contribution in [0.2, 0.25) is 10.0 Å². The van der Waals surface area contributed by atoms with Crippen LogP contribution >= 0.6 is 23.2 Å². The van der Waals surface area contributed by atoms with Gasteiger partial charge in [0.05, 0.1) is 0 Å². The van der Waals surface area contributed by atoms with Crippen molar-refractivity contribution >= 4 is 23.2 Å². The van der Waals surface area contributed by atoms with Gasteiger partial charge in [-0.2, -0.15) is 0 Å². The molecule has 0 amide bonds. The Bertz CT molecular complexity index is 584. The topological polar surface area (TPSA) is 20.2 Å². The Morgan fingerprint density at radius 1 is 1.11 bits per heavy atom. The summed E-state index contributed by atoms with van der Waals surface area (Å²) in [5.41, 5.74) is 1.50. The minimum absolute atomic E-state index is 0.350. The summed E-state index contributed by atoms with van der Waals surface area (Å²) in [4.78, 5) is 0. The highest BCUT2D eigenvalue weighted by Crippen LogP contribution is 2.30. The van der Waals surface area contributed by atoms with E-state index >= 15 is 0 Å². The summed E-state index contributed by atoms with van der Waals surface area (Å²) in [6, 6.07) is 9.42. The molecule has 0 radical (unpaired) electrons. The van der Waals surface area contributed by atoms with E-state index in [4.69, 9.17) is 23.2 Å². The number of aliphatic hydroxyl groups excluding tert-OH is 1. The Balaban J connectivity index is 2.41. The summed E-state index contributed by atoms with van der Waals surface area (Å²) in [7, 11) is 0. The van der Waals surface area contributed by atoms with Gasteiger partial charge in [-0.25, -0.2) is 4.39 Å². The molecule has 0 aliphatic heterocycles. The molecule has 0 aliphatic carbocycles. The highest BCUT2D eigenvalue weighted by atomic mass is 35.5. The van der Waals surface area contributed by atoms with E-state index in [-0.39, 0.29) is 5.82 Å². The molecule has 0 heterocycles. The van der Waals surface area contributed by atoms with E-state index in [1.54, 1.807) is 37.3 Å². The van der Waals surface area contributed by atoms with Crippen LogP contribution in [0.5, 0.6) is 0 Å². The molecule has 2 aromatic rings. The molecule has 0 aromatic heterocycles. The van der Waals surface area contributed by atoms with Crippen LogP contribution in [0.3, 0.4) is 0 Å². The number of benzene rings is 2. The van der Waals surface area contributed by atoms with E-state index in [0.717, 1.165) is 0 Å². The van der Waals surface area contributed by atoms with Crippen LogP contribution < -0.4 is 0 Å². The van der Waals surface area contributed by atoms with Crippen molar-refractivity contribution in [2.45, 2.75) is 13.0 Å². The van der Waals surface area contributed by atoms with Crippen molar-refractivity contribution < 1.29 is 9.50 Å². The largest absolute Gasteiger partial charge is 0.384 e. The van der Waals surface area contributed by atoms with Crippen molar-refractivity contribution in [3.63, 3.8) is 0 Å². The fourth-order valence-corrected chi connectivity index (χ4v) is 2.19. The zero-order chi connectivity index (χ0) is 13.3. The van der Waals surface area contributed by atoms with E-state index in [1.165, 1.54) is 6.07 Å². The van der Waals surface area contributed by atoms with Crippen molar-refractivity contribution in [1.82, 2.24) is 0 Å². The Kier molecular flexibility index (Phi) is 3.91. The number of hydrogen-bond acceptors (Lipinski definition) is 1. The van der Waals surface area contributed by atoms with Gasteiger partial charge in [0.25, 0.3) is 0 Å². The lowest BCUT2D eigenvalue weighted by Crippen LogP contribution is -2.01. The molecule has 1 N–H and O–H groups in total. The molecule has 1 unspecified atom stereocenters. The molecule has 0 saturated heterocycles. The van der Waals surface area contributed by atoms with Gasteiger partial charge >= 0.3 is 0 Å². The van der Waals surface area contributed by atoms with Gasteiger partial charge in [0.1, 0.15) is 11.9 Å². The summed E-state index contributed by atoms with van der Waals surface area (Å²) < 4.78 is 13.5. The highest BCUT2D eigenvalue weighted by molar-refractivity contribution is 6.35. The van der Waals surface area contributed by atoms with Crippen LogP contribution in [0, 0.1) is 12.7 Å². The van der Waals surface area contributed by atoms with Gasteiger partial charge < -0.3 is 5.11 Å². The zero-order valence-electron chi connectivity index (χ0n) is 9.62. The maximum Gasteiger partial charge on any atom is 0.126 e. The predicted octanol–water partition coefficient (Wildman–Crippen LogP) is 4.52. The zero-order valence-corrected chi connectivity index (χ0v) is 11.1. The van der Waals surface area contributed by atoms with E-state index in [2.05, 4.69) is 0 Å². The lowest BCUT2D eigenvalue weighted by Gasteiger charge is -2.14. The Labute approximate surface area is 115 Å². The van der Waals surface area contributed by atoms with Crippen molar-refractivity contribution in [3.05, 3.63) is 69.0 Å². The molecular weight excluding hydrogens is 274 g/mol. The second kappa shape index (κ2) is 5.27. The molecule has 0 saturated carbocycles. The molecule has 2 rings (SSSR count). The maximum atomic E-state index is 13.5. The molecule has 0 fully saturated rings. The number of aryl methyl sites for hydroxylation is 1. The monoisotopic (exact) mass is 284 g/mol. The van der Waals surface area contributed by atoms with Crippen LogP contribution in [0.25, 0.3) is 0 Å². The first-order valence-corrected chi connectivity index (χ1v) is 6.13. The summed E-state index contributed by atoms with van der Waals surface area (Å²) in [6.07, 6.45) is -0.968. The van der Waals surface area contributed by atoms with Crippen LogP contribution in [0.15, 0.2) is 36.4 Å². The molecule has 94 valence electrons. The predicted molar refractivity (Wildman–Crippen MR) is 71.7 cm³/mol. The molecular formula is C14H11Cl2FO. The average molecular weight is 285 g/mol. The van der Waals surface area contributed by atoms with E-state index in [1.807, 2.05) is 0 Å². The van der Waals surface area contributed by atoms with Crippen molar-refractivity contribution in [2.75, 3.05) is 0 Å². The Morgan fingerprint density at radius 3 is 2.44 bits per heavy atom. The SMILES string of the molecule is Cc1ccc(C(O)c2ccc(Cl)cc2Cl)cc1F. The van der Waals surface area contributed by atoms with Gasteiger partial charge in [-0.3, -0.25) is 0 Å². The van der Waals surface area contributed by atoms with Crippen molar-refractivity contribution in [1.29, 1.82) is 0 Å². The molecule has 2 aromatic carbocycles. The normalized spacial score (nSPS) is 12.5. The van der Waals surface area contributed by atoms with Crippen LogP contribution in [0.4, 0.5) is 4.39 Å². The summed E-state index contributed by atoms with van der Waals surface area (Å²) in [6.45, 7) is 1.67. The summed E-state index contributed by atoms with van der Waals surface area (Å²) in [5, 5.41) is 11.0. The number of rotatable bonds is 2. The second-order valence-electron chi connectivity index (χ2n) is 4.08. The first kappa shape index (κ1) is 13.3. The van der Waals surface area contributed by atoms with Crippen LogP contribution in [0.1, 0.15) is 22.8 Å². The van der Waals surface area contributed by atoms with Crippen molar-refractivity contribution in [2.24, 2.45) is 0 Å². The number of aliphatic hydroxyl groups is 1. The third-order valence-electron chi connectivity index (χ3n) is 2.77. The first-order valence-electron chi connectivity index (χ1n) is 5.38. The van der Waals surface area contributed by atoms with Crippen LogP contribution in [-0.4, -0.2) is 5.11 Å². The smallest absolute Gasteiger partial charge is 0.126 e. The highest BCUT2D eigenvalue weighted by Gasteiger charge is 2.15. The third kappa shape index (κ3) is 2.66. The quantitative estimate of drug-likeness (QED) is 0.860. The third-order valence-corrected chi connectivity index (χ3v) is 3.33. The van der Waals surface area contributed by atoms with Gasteiger partial charge in [0, 0.05) is 15.6 Å². The van der Waals surface area contributed by atoms with E-state index < -0.39 is 6.10 Å². The minimum atomic E-state index is -0.968. The molecule has 0 spiro atoms. The van der Waals surface area contributed by atoms with Crippen LogP contribution in [-0.2, 0) is 0 Å². The summed E-state index contributed by atoms with van der Waals surface area (Å²) in [5.74, 6) is -0.350. The molecule has 0 aliphatic rings.